The molecule has 140 valence electrons. The van der Waals surface area contributed by atoms with Crippen molar-refractivity contribution in [3.05, 3.63) is 28.8 Å². The van der Waals surface area contributed by atoms with Crippen LogP contribution < -0.4 is 10.1 Å². The summed E-state index contributed by atoms with van der Waals surface area (Å²) in [6.07, 6.45) is 0. The monoisotopic (exact) mass is 369 g/mol. The minimum absolute atomic E-state index is 0.0164. The van der Waals surface area contributed by atoms with E-state index in [1.165, 1.54) is 0 Å². The molecule has 6 nitrogen and oxygen atoms in total. The number of carbonyl (C=O) groups excluding carboxylic acids is 1. The molecular weight excluding hydrogens is 342 g/mol. The van der Waals surface area contributed by atoms with E-state index in [0.29, 0.717) is 13.2 Å². The van der Waals surface area contributed by atoms with E-state index in [1.807, 2.05) is 36.9 Å². The van der Waals surface area contributed by atoms with Gasteiger partial charge in [-0.15, -0.1) is 0 Å². The highest BCUT2D eigenvalue weighted by Crippen LogP contribution is 2.21. The zero-order chi connectivity index (χ0) is 18.2. The number of hydrogen-bond acceptors (Lipinski definition) is 4. The van der Waals surface area contributed by atoms with Crippen LogP contribution in [0.3, 0.4) is 0 Å². The van der Waals surface area contributed by atoms with Crippen LogP contribution in [0.4, 0.5) is 4.79 Å². The Balaban J connectivity index is 1.67. The van der Waals surface area contributed by atoms with Crippen LogP contribution in [0.1, 0.15) is 12.5 Å². The van der Waals surface area contributed by atoms with Gasteiger partial charge in [0.2, 0.25) is 0 Å². The van der Waals surface area contributed by atoms with E-state index in [0.717, 1.165) is 49.1 Å². The van der Waals surface area contributed by atoms with Gasteiger partial charge < -0.3 is 19.7 Å². The van der Waals surface area contributed by atoms with Gasteiger partial charge in [0.25, 0.3) is 0 Å². The van der Waals surface area contributed by atoms with Crippen LogP contribution in [0.25, 0.3) is 0 Å². The van der Waals surface area contributed by atoms with Gasteiger partial charge in [0.15, 0.2) is 0 Å². The Morgan fingerprint density at radius 3 is 2.68 bits per heavy atom. The van der Waals surface area contributed by atoms with Gasteiger partial charge in [0, 0.05) is 44.9 Å². The van der Waals surface area contributed by atoms with Crippen LogP contribution in [-0.2, 0) is 4.74 Å². The molecule has 1 fully saturated rings. The van der Waals surface area contributed by atoms with Crippen LogP contribution in [0, 0.1) is 6.92 Å². The lowest BCUT2D eigenvalue weighted by atomic mass is 10.2. The molecule has 1 aromatic carbocycles. The number of benzene rings is 1. The first-order chi connectivity index (χ1) is 12.0. The number of amides is 2. The second-order valence-corrected chi connectivity index (χ2v) is 6.83. The predicted octanol–water partition coefficient (Wildman–Crippen LogP) is 2.39. The topological polar surface area (TPSA) is 54.0 Å². The maximum absolute atomic E-state index is 12.2. The van der Waals surface area contributed by atoms with Crippen molar-refractivity contribution in [2.75, 3.05) is 53.0 Å². The number of urea groups is 1. The minimum Gasteiger partial charge on any atom is -0.492 e. The second-order valence-electron chi connectivity index (χ2n) is 6.39. The molecule has 0 aromatic heterocycles. The van der Waals surface area contributed by atoms with Gasteiger partial charge in [-0.25, -0.2) is 4.79 Å². The molecule has 2 rings (SSSR count). The van der Waals surface area contributed by atoms with Gasteiger partial charge in [-0.3, -0.25) is 4.90 Å². The molecule has 1 N–H and O–H groups in total. The van der Waals surface area contributed by atoms with Crippen molar-refractivity contribution in [1.82, 2.24) is 15.1 Å². The largest absolute Gasteiger partial charge is 0.492 e. The molecule has 0 saturated carbocycles. The first kappa shape index (κ1) is 19.8. The first-order valence-corrected chi connectivity index (χ1v) is 9.03. The van der Waals surface area contributed by atoms with E-state index < -0.39 is 0 Å². The molecule has 1 saturated heterocycles. The van der Waals surface area contributed by atoms with Gasteiger partial charge in [0.05, 0.1) is 12.6 Å². The predicted molar refractivity (Wildman–Crippen MR) is 99.6 cm³/mol. The highest BCUT2D eigenvalue weighted by Gasteiger charge is 2.21. The molecule has 25 heavy (non-hydrogen) atoms. The quantitative estimate of drug-likeness (QED) is 0.801. The summed E-state index contributed by atoms with van der Waals surface area (Å²) in [5.41, 5.74) is 1.04. The third kappa shape index (κ3) is 6.38. The summed E-state index contributed by atoms with van der Waals surface area (Å²) in [6.45, 7) is 9.09. The number of nitrogens with zero attached hydrogens (tertiary/aromatic N) is 2. The van der Waals surface area contributed by atoms with E-state index in [2.05, 4.69) is 10.2 Å². The van der Waals surface area contributed by atoms with Crippen molar-refractivity contribution in [1.29, 1.82) is 0 Å². The van der Waals surface area contributed by atoms with Gasteiger partial charge in [0.1, 0.15) is 12.4 Å². The van der Waals surface area contributed by atoms with E-state index >= 15 is 0 Å². The van der Waals surface area contributed by atoms with Crippen molar-refractivity contribution in [3.8, 4) is 5.75 Å². The van der Waals surface area contributed by atoms with Crippen molar-refractivity contribution >= 4 is 17.6 Å². The zero-order valence-corrected chi connectivity index (χ0v) is 16.0. The number of hydrogen-bond donors (Lipinski definition) is 1. The van der Waals surface area contributed by atoms with E-state index in [1.54, 1.807) is 7.11 Å². The molecule has 1 aromatic rings. The number of nitrogens with one attached hydrogen (secondary N) is 1. The standard InChI is InChI=1S/C18H28ClN3O3/c1-14-12-16(19)4-5-17(14)25-11-10-21-6-8-22(9-7-21)18(23)20-15(2)13-24-3/h4-5,12,15H,6-11,13H2,1-3H3,(H,20,23)/t15-/m0/s1. The zero-order valence-electron chi connectivity index (χ0n) is 15.3. The normalized spacial score (nSPS) is 16.6. The molecule has 0 unspecified atom stereocenters. The lowest BCUT2D eigenvalue weighted by Crippen LogP contribution is -2.54. The van der Waals surface area contributed by atoms with Crippen molar-refractivity contribution in [2.45, 2.75) is 19.9 Å². The Hall–Kier alpha value is -1.50. The summed E-state index contributed by atoms with van der Waals surface area (Å²) in [6, 6.07) is 5.65. The van der Waals surface area contributed by atoms with Crippen LogP contribution >= 0.6 is 11.6 Å². The fourth-order valence-corrected chi connectivity index (χ4v) is 3.05. The average Bonchev–Trinajstić information content (AvgIpc) is 2.57. The first-order valence-electron chi connectivity index (χ1n) is 8.65. The molecular formula is C18H28ClN3O3. The summed E-state index contributed by atoms with van der Waals surface area (Å²) < 4.78 is 10.9. The summed E-state index contributed by atoms with van der Waals surface area (Å²) in [5, 5.41) is 3.67. The maximum atomic E-state index is 12.2. The van der Waals surface area contributed by atoms with Crippen molar-refractivity contribution in [2.24, 2.45) is 0 Å². The fraction of sp³-hybridized carbons (Fsp3) is 0.611. The molecule has 2 amide bonds. The molecule has 1 heterocycles. The highest BCUT2D eigenvalue weighted by molar-refractivity contribution is 6.30. The number of ether oxygens (including phenoxy) is 2. The third-order valence-electron chi connectivity index (χ3n) is 4.25. The average molecular weight is 370 g/mol. The number of piperazine rings is 1. The van der Waals surface area contributed by atoms with Crippen molar-refractivity contribution < 1.29 is 14.3 Å². The molecule has 0 aliphatic carbocycles. The number of rotatable bonds is 7. The molecule has 1 aliphatic rings. The van der Waals surface area contributed by atoms with Crippen LogP contribution in [0.15, 0.2) is 18.2 Å². The Morgan fingerprint density at radius 1 is 1.32 bits per heavy atom. The molecule has 7 heteroatoms. The van der Waals surface area contributed by atoms with Gasteiger partial charge in [-0.2, -0.15) is 0 Å². The smallest absolute Gasteiger partial charge is 0.317 e. The Morgan fingerprint density at radius 2 is 2.04 bits per heavy atom. The molecule has 0 bridgehead atoms. The molecule has 0 spiro atoms. The maximum Gasteiger partial charge on any atom is 0.317 e. The second kappa shape index (κ2) is 9.85. The van der Waals surface area contributed by atoms with Crippen LogP contribution in [0.5, 0.6) is 5.75 Å². The highest BCUT2D eigenvalue weighted by atomic mass is 35.5. The molecule has 1 aliphatic heterocycles. The van der Waals surface area contributed by atoms with E-state index in [9.17, 15) is 4.79 Å². The van der Waals surface area contributed by atoms with E-state index in [-0.39, 0.29) is 12.1 Å². The Bertz CT molecular complexity index is 562. The molecule has 0 radical (unpaired) electrons. The van der Waals surface area contributed by atoms with Crippen molar-refractivity contribution in [3.63, 3.8) is 0 Å². The lowest BCUT2D eigenvalue weighted by Gasteiger charge is -2.35. The summed E-state index contributed by atoms with van der Waals surface area (Å²) >= 11 is 5.95. The Labute approximate surface area is 155 Å². The molecule has 1 atom stereocenters. The number of methoxy groups -OCH3 is 1. The van der Waals surface area contributed by atoms with Crippen LogP contribution in [0.2, 0.25) is 5.02 Å². The Kier molecular flexibility index (Phi) is 7.81. The fourth-order valence-electron chi connectivity index (χ4n) is 2.83. The van der Waals surface area contributed by atoms with Gasteiger partial charge >= 0.3 is 6.03 Å². The summed E-state index contributed by atoms with van der Waals surface area (Å²) in [5.74, 6) is 0.870. The summed E-state index contributed by atoms with van der Waals surface area (Å²) in [7, 11) is 1.63. The van der Waals surface area contributed by atoms with Gasteiger partial charge in [-0.05, 0) is 37.6 Å². The van der Waals surface area contributed by atoms with Crippen LogP contribution in [-0.4, -0.2) is 74.9 Å². The SMILES string of the molecule is COC[C@H](C)NC(=O)N1CCN(CCOc2ccc(Cl)cc2C)CC1. The number of halogens is 1. The third-order valence-corrected chi connectivity index (χ3v) is 4.48. The van der Waals surface area contributed by atoms with E-state index in [4.69, 9.17) is 21.1 Å². The van der Waals surface area contributed by atoms with Gasteiger partial charge in [-0.1, -0.05) is 11.6 Å². The number of aryl methyl sites for hydroxylation is 1. The minimum atomic E-state index is -0.0164. The summed E-state index contributed by atoms with van der Waals surface area (Å²) in [4.78, 5) is 16.3. The number of carbonyl (C=O) groups is 1. The lowest BCUT2D eigenvalue weighted by molar-refractivity contribution is 0.119.